The first-order valence-corrected chi connectivity index (χ1v) is 8.66. The molecule has 2 rings (SSSR count). The minimum absolute atomic E-state index is 0.113. The number of sulfonamides is 1. The van der Waals surface area contributed by atoms with Crippen LogP contribution in [-0.2, 0) is 10.0 Å². The van der Waals surface area contributed by atoms with E-state index in [0.717, 1.165) is 18.4 Å². The molecule has 0 radical (unpaired) electrons. The summed E-state index contributed by atoms with van der Waals surface area (Å²) in [6, 6.07) is 5.19. The zero-order valence-electron chi connectivity index (χ0n) is 11.8. The predicted octanol–water partition coefficient (Wildman–Crippen LogP) is 2.40. The average Bonchev–Trinajstić information content (AvgIpc) is 2.41. The summed E-state index contributed by atoms with van der Waals surface area (Å²) in [5.41, 5.74) is 6.78. The zero-order chi connectivity index (χ0) is 14.9. The third-order valence-electron chi connectivity index (χ3n) is 3.95. The predicted molar refractivity (Wildman–Crippen MR) is 81.3 cm³/mol. The van der Waals surface area contributed by atoms with E-state index in [1.54, 1.807) is 12.1 Å². The van der Waals surface area contributed by atoms with E-state index in [-0.39, 0.29) is 16.0 Å². The third-order valence-corrected chi connectivity index (χ3v) is 6.33. The van der Waals surface area contributed by atoms with E-state index in [4.69, 9.17) is 17.3 Å². The largest absolute Gasteiger partial charge is 0.328 e. The van der Waals surface area contributed by atoms with Crippen molar-refractivity contribution in [2.45, 2.75) is 37.6 Å². The van der Waals surface area contributed by atoms with Gasteiger partial charge in [-0.2, -0.15) is 4.31 Å². The van der Waals surface area contributed by atoms with Crippen LogP contribution in [0, 0.1) is 12.8 Å². The quantitative estimate of drug-likeness (QED) is 0.931. The van der Waals surface area contributed by atoms with Crippen LogP contribution in [0.2, 0.25) is 5.02 Å². The van der Waals surface area contributed by atoms with Crippen molar-refractivity contribution in [3.63, 3.8) is 0 Å². The lowest BCUT2D eigenvalue weighted by molar-refractivity contribution is 0.250. The first-order valence-electron chi connectivity index (χ1n) is 6.84. The average molecular weight is 317 g/mol. The van der Waals surface area contributed by atoms with Crippen molar-refractivity contribution in [1.29, 1.82) is 0 Å². The van der Waals surface area contributed by atoms with Crippen LogP contribution in [0.25, 0.3) is 0 Å². The van der Waals surface area contributed by atoms with Gasteiger partial charge in [0.1, 0.15) is 4.90 Å². The summed E-state index contributed by atoms with van der Waals surface area (Å²) in [4.78, 5) is 0.207. The number of nitrogens with zero attached hydrogens (tertiary/aromatic N) is 1. The van der Waals surface area contributed by atoms with Crippen molar-refractivity contribution in [2.75, 3.05) is 13.1 Å². The highest BCUT2D eigenvalue weighted by atomic mass is 35.5. The molecule has 112 valence electrons. The Morgan fingerprint density at radius 3 is 2.50 bits per heavy atom. The molecule has 0 aromatic heterocycles. The fourth-order valence-electron chi connectivity index (χ4n) is 2.59. The van der Waals surface area contributed by atoms with Gasteiger partial charge < -0.3 is 5.73 Å². The molecule has 1 unspecified atom stereocenters. The number of benzene rings is 1. The Kier molecular flexibility index (Phi) is 4.74. The van der Waals surface area contributed by atoms with E-state index < -0.39 is 10.0 Å². The molecule has 0 spiro atoms. The Morgan fingerprint density at radius 1 is 1.35 bits per heavy atom. The molecule has 2 N–H and O–H groups in total. The second kappa shape index (κ2) is 6.02. The van der Waals surface area contributed by atoms with Crippen molar-refractivity contribution < 1.29 is 8.42 Å². The standard InChI is InChI=1S/C14H21ClN2O2S/c1-10-3-4-13(15)14(9-10)20(18,19)17-7-5-12(6-8-17)11(2)16/h3-4,9,11-12H,5-8,16H2,1-2H3. The van der Waals surface area contributed by atoms with Crippen LogP contribution in [0.15, 0.2) is 23.1 Å². The molecule has 0 amide bonds. The summed E-state index contributed by atoms with van der Waals surface area (Å²) < 4.78 is 26.8. The molecule has 6 heteroatoms. The van der Waals surface area contributed by atoms with Gasteiger partial charge in [-0.05, 0) is 50.3 Å². The first-order chi connectivity index (χ1) is 9.32. The first kappa shape index (κ1) is 15.8. The highest BCUT2D eigenvalue weighted by Gasteiger charge is 2.31. The number of aryl methyl sites for hydroxylation is 1. The van der Waals surface area contributed by atoms with E-state index in [1.807, 2.05) is 19.9 Å². The highest BCUT2D eigenvalue weighted by Crippen LogP contribution is 2.29. The number of hydrogen-bond acceptors (Lipinski definition) is 3. The second-order valence-electron chi connectivity index (χ2n) is 5.53. The Labute approximate surface area is 126 Å². The molecule has 0 bridgehead atoms. The monoisotopic (exact) mass is 316 g/mol. The van der Waals surface area contributed by atoms with Crippen molar-refractivity contribution in [3.05, 3.63) is 28.8 Å². The number of rotatable bonds is 3. The van der Waals surface area contributed by atoms with Gasteiger partial charge in [0.15, 0.2) is 0 Å². The van der Waals surface area contributed by atoms with E-state index >= 15 is 0 Å². The topological polar surface area (TPSA) is 63.4 Å². The molecule has 1 aliphatic heterocycles. The van der Waals surface area contributed by atoms with Crippen LogP contribution in [0.3, 0.4) is 0 Å². The van der Waals surface area contributed by atoms with E-state index in [0.29, 0.717) is 19.0 Å². The van der Waals surface area contributed by atoms with Gasteiger partial charge >= 0.3 is 0 Å². The van der Waals surface area contributed by atoms with Gasteiger partial charge in [0, 0.05) is 19.1 Å². The molecule has 0 aliphatic carbocycles. The summed E-state index contributed by atoms with van der Waals surface area (Å²) >= 11 is 6.05. The Morgan fingerprint density at radius 2 is 1.95 bits per heavy atom. The van der Waals surface area contributed by atoms with E-state index in [2.05, 4.69) is 0 Å². The Bertz CT molecular complexity index is 579. The number of nitrogens with two attached hydrogens (primary N) is 1. The molecular weight excluding hydrogens is 296 g/mol. The normalized spacial score (nSPS) is 20.0. The summed E-state index contributed by atoms with van der Waals surface area (Å²) in [6.07, 6.45) is 1.61. The summed E-state index contributed by atoms with van der Waals surface area (Å²) in [5, 5.41) is 0.282. The summed E-state index contributed by atoms with van der Waals surface area (Å²) in [6.45, 7) is 4.86. The van der Waals surface area contributed by atoms with Gasteiger partial charge in [-0.3, -0.25) is 0 Å². The van der Waals surface area contributed by atoms with Crippen molar-refractivity contribution in [3.8, 4) is 0 Å². The Hall–Kier alpha value is -0.620. The Balaban J connectivity index is 2.22. The van der Waals surface area contributed by atoms with E-state index in [1.165, 1.54) is 4.31 Å². The number of piperidine rings is 1. The molecule has 1 aliphatic rings. The van der Waals surface area contributed by atoms with Crippen LogP contribution >= 0.6 is 11.6 Å². The summed E-state index contributed by atoms with van der Waals surface area (Å²) in [7, 11) is -3.50. The van der Waals surface area contributed by atoms with Crippen LogP contribution < -0.4 is 5.73 Å². The molecular formula is C14H21ClN2O2S. The minimum atomic E-state index is -3.50. The van der Waals surface area contributed by atoms with Gasteiger partial charge in [0.05, 0.1) is 5.02 Å². The van der Waals surface area contributed by atoms with Crippen LogP contribution in [0.5, 0.6) is 0 Å². The van der Waals surface area contributed by atoms with Crippen molar-refractivity contribution in [2.24, 2.45) is 11.7 Å². The molecule has 1 atom stereocenters. The van der Waals surface area contributed by atoms with Gasteiger partial charge in [-0.15, -0.1) is 0 Å². The third kappa shape index (κ3) is 3.17. The molecule has 1 aromatic rings. The van der Waals surface area contributed by atoms with E-state index in [9.17, 15) is 8.42 Å². The van der Waals surface area contributed by atoms with Crippen LogP contribution in [0.1, 0.15) is 25.3 Å². The lowest BCUT2D eigenvalue weighted by Gasteiger charge is -2.33. The zero-order valence-corrected chi connectivity index (χ0v) is 13.4. The summed E-state index contributed by atoms with van der Waals surface area (Å²) in [5.74, 6) is 0.398. The van der Waals surface area contributed by atoms with Crippen LogP contribution in [0.4, 0.5) is 0 Å². The number of hydrogen-bond donors (Lipinski definition) is 1. The smallest absolute Gasteiger partial charge is 0.244 e. The van der Waals surface area contributed by atoms with Crippen molar-refractivity contribution >= 4 is 21.6 Å². The molecule has 1 fully saturated rings. The van der Waals surface area contributed by atoms with Crippen molar-refractivity contribution in [1.82, 2.24) is 4.31 Å². The number of halogens is 1. The van der Waals surface area contributed by atoms with Gasteiger partial charge in [-0.1, -0.05) is 17.7 Å². The second-order valence-corrected chi connectivity index (χ2v) is 7.85. The lowest BCUT2D eigenvalue weighted by atomic mass is 9.92. The minimum Gasteiger partial charge on any atom is -0.328 e. The van der Waals surface area contributed by atoms with Gasteiger partial charge in [-0.25, -0.2) is 8.42 Å². The maximum atomic E-state index is 12.6. The molecule has 4 nitrogen and oxygen atoms in total. The molecule has 1 saturated heterocycles. The molecule has 1 heterocycles. The maximum absolute atomic E-state index is 12.6. The molecule has 1 aromatic carbocycles. The fourth-order valence-corrected chi connectivity index (χ4v) is 4.62. The lowest BCUT2D eigenvalue weighted by Crippen LogP contribution is -2.42. The van der Waals surface area contributed by atoms with Gasteiger partial charge in [0.25, 0.3) is 0 Å². The van der Waals surface area contributed by atoms with Crippen LogP contribution in [-0.4, -0.2) is 31.9 Å². The molecule has 0 saturated carbocycles. The van der Waals surface area contributed by atoms with Gasteiger partial charge in [0.2, 0.25) is 10.0 Å². The fraction of sp³-hybridized carbons (Fsp3) is 0.571. The SMILES string of the molecule is Cc1ccc(Cl)c(S(=O)(=O)N2CCC(C(C)N)CC2)c1. The maximum Gasteiger partial charge on any atom is 0.244 e. The highest BCUT2D eigenvalue weighted by molar-refractivity contribution is 7.89. The molecule has 20 heavy (non-hydrogen) atoms.